The zero-order chi connectivity index (χ0) is 33.2. The van der Waals surface area contributed by atoms with Crippen molar-refractivity contribution < 1.29 is 32.9 Å². The van der Waals surface area contributed by atoms with E-state index < -0.39 is 5.82 Å². The van der Waals surface area contributed by atoms with Crippen LogP contribution in [-0.2, 0) is 17.9 Å². The Morgan fingerprint density at radius 3 is 2.47 bits per heavy atom. The van der Waals surface area contributed by atoms with Gasteiger partial charge in [0.05, 0.1) is 18.4 Å². The lowest BCUT2D eigenvalue weighted by atomic mass is 10.00. The minimum absolute atomic E-state index is 0.0610. The van der Waals surface area contributed by atoms with Gasteiger partial charge in [0, 0.05) is 74.9 Å². The van der Waals surface area contributed by atoms with Gasteiger partial charge in [-0.3, -0.25) is 14.6 Å². The molecule has 2 aromatic carbocycles. The van der Waals surface area contributed by atoms with Gasteiger partial charge in [0.25, 0.3) is 5.91 Å². The summed E-state index contributed by atoms with van der Waals surface area (Å²) in [6.07, 6.45) is 1.98. The van der Waals surface area contributed by atoms with E-state index in [0.29, 0.717) is 51.0 Å². The average Bonchev–Trinajstić information content (AvgIpc) is 3.07. The Kier molecular flexibility index (Phi) is 9.54. The maximum atomic E-state index is 15.4. The molecule has 0 radical (unpaired) electrons. The van der Waals surface area contributed by atoms with Crippen LogP contribution in [0.3, 0.4) is 0 Å². The van der Waals surface area contributed by atoms with Crippen LogP contribution in [0.15, 0.2) is 48.5 Å². The number of cyclic esters (lactones) is 1. The number of carbonyl (C=O) groups excluding carboxylic acids is 2. The van der Waals surface area contributed by atoms with Crippen LogP contribution >= 0.6 is 0 Å². The van der Waals surface area contributed by atoms with E-state index in [9.17, 15) is 14.8 Å². The number of anilines is 1. The fourth-order valence-electron chi connectivity index (χ4n) is 7.02. The van der Waals surface area contributed by atoms with Crippen LogP contribution in [-0.4, -0.2) is 67.2 Å². The highest BCUT2D eigenvalue weighted by molar-refractivity contribution is 5.97. The molecule has 11 heteroatoms. The smallest absolute Gasteiger partial charge is 0.414 e. The number of aryl methyl sites for hydroxylation is 1. The summed E-state index contributed by atoms with van der Waals surface area (Å²) in [6, 6.07) is 14.2. The van der Waals surface area contributed by atoms with Crippen molar-refractivity contribution in [2.75, 3.05) is 38.2 Å². The third-order valence-electron chi connectivity index (χ3n) is 9.56. The lowest BCUT2D eigenvalue weighted by molar-refractivity contribution is -0.622. The molecule has 10 nitrogen and oxygen atoms in total. The van der Waals surface area contributed by atoms with E-state index in [2.05, 4.69) is 4.90 Å². The molecule has 0 unspecified atom stereocenters. The molecule has 1 aromatic heterocycles. The number of ether oxygens (including phenoxy) is 3. The number of para-hydroxylation sites is 1. The number of piperidine rings is 2. The number of carbonyl (C=O) groups is 2. The van der Waals surface area contributed by atoms with Gasteiger partial charge in [0.1, 0.15) is 18.5 Å². The number of hydrogen-bond acceptors (Lipinski definition) is 7. The molecule has 2 saturated heterocycles. The Hall–Kier alpha value is -4.38. The van der Waals surface area contributed by atoms with Crippen molar-refractivity contribution >= 4 is 17.7 Å². The molecule has 250 valence electrons. The fourth-order valence-corrected chi connectivity index (χ4v) is 7.02. The summed E-state index contributed by atoms with van der Waals surface area (Å²) in [4.78, 5) is 31.9. The number of aromatic nitrogens is 1. The Morgan fingerprint density at radius 2 is 1.77 bits per heavy atom. The van der Waals surface area contributed by atoms with Crippen LogP contribution < -0.4 is 19.1 Å². The lowest BCUT2D eigenvalue weighted by Gasteiger charge is -2.40. The number of pyridine rings is 1. The van der Waals surface area contributed by atoms with E-state index in [1.807, 2.05) is 57.2 Å². The van der Waals surface area contributed by atoms with Crippen molar-refractivity contribution in [3.8, 4) is 11.5 Å². The Morgan fingerprint density at radius 1 is 1.04 bits per heavy atom. The van der Waals surface area contributed by atoms with Crippen LogP contribution in [0, 0.1) is 17.9 Å². The van der Waals surface area contributed by atoms with Crippen molar-refractivity contribution in [2.24, 2.45) is 0 Å². The molecular formula is C36H43FN4O6. The summed E-state index contributed by atoms with van der Waals surface area (Å²) in [7, 11) is 1.46. The van der Waals surface area contributed by atoms with Crippen LogP contribution in [0.5, 0.6) is 11.5 Å². The van der Waals surface area contributed by atoms with Crippen LogP contribution in [0.1, 0.15) is 78.3 Å². The molecule has 0 bridgehead atoms. The predicted octanol–water partition coefficient (Wildman–Crippen LogP) is 5.70. The van der Waals surface area contributed by atoms with Gasteiger partial charge in [-0.25, -0.2) is 9.18 Å². The third kappa shape index (κ3) is 6.72. The topological polar surface area (TPSA) is 98.5 Å². The quantitative estimate of drug-likeness (QED) is 0.229. The first-order valence-corrected chi connectivity index (χ1v) is 16.5. The zero-order valence-electron chi connectivity index (χ0n) is 27.5. The van der Waals surface area contributed by atoms with Gasteiger partial charge in [-0.05, 0) is 43.9 Å². The number of amides is 2. The Labute approximate surface area is 275 Å². The normalized spacial score (nSPS) is 17.9. The van der Waals surface area contributed by atoms with Gasteiger partial charge in [0.15, 0.2) is 23.0 Å². The molecule has 2 amide bonds. The molecule has 4 heterocycles. The van der Waals surface area contributed by atoms with E-state index in [0.717, 1.165) is 40.3 Å². The summed E-state index contributed by atoms with van der Waals surface area (Å²) in [5.41, 5.74) is 4.46. The minimum atomic E-state index is -0.611. The fraction of sp³-hybridized carbons (Fsp3) is 0.472. The van der Waals surface area contributed by atoms with Crippen molar-refractivity contribution in [3.05, 3.63) is 87.6 Å². The van der Waals surface area contributed by atoms with Crippen molar-refractivity contribution in [3.63, 3.8) is 0 Å². The number of methoxy groups -OCH3 is 1. The van der Waals surface area contributed by atoms with Crippen molar-refractivity contribution in [2.45, 2.75) is 77.7 Å². The summed E-state index contributed by atoms with van der Waals surface area (Å²) < 4.78 is 33.5. The molecular weight excluding hydrogens is 603 g/mol. The second-order valence-corrected chi connectivity index (χ2v) is 13.0. The van der Waals surface area contributed by atoms with E-state index in [1.165, 1.54) is 19.2 Å². The van der Waals surface area contributed by atoms with Crippen LogP contribution in [0.4, 0.5) is 14.9 Å². The van der Waals surface area contributed by atoms with E-state index >= 15 is 4.39 Å². The number of fused-ring (bicyclic) bond motifs is 1. The maximum absolute atomic E-state index is 15.4. The zero-order valence-corrected chi connectivity index (χ0v) is 27.5. The van der Waals surface area contributed by atoms with Gasteiger partial charge < -0.3 is 24.3 Å². The number of hydrogen-bond donors (Lipinski definition) is 0. The van der Waals surface area contributed by atoms with Gasteiger partial charge in [0.2, 0.25) is 0 Å². The first kappa shape index (κ1) is 32.6. The third-order valence-corrected chi connectivity index (χ3v) is 9.56. The number of halogens is 1. The second kappa shape index (κ2) is 13.8. The standard InChI is InChI=1S/C36H43FN4O6/c1-23(2)34-25(10-9-24(3)41(34)44)21-38-15-13-28(14-16-38)47-33-20-32(45-4)29(19-30(33)37)35(42)39-17-11-27(12-18-39)40-31-8-6-5-7-26(31)22-46-36(40)43/h5-10,19-20,23,27-28H,11-18,21-22H2,1-4H3. The highest BCUT2D eigenvalue weighted by atomic mass is 19.1. The van der Waals surface area contributed by atoms with Gasteiger partial charge in [-0.1, -0.05) is 32.0 Å². The predicted molar refractivity (Wildman–Crippen MR) is 174 cm³/mol. The van der Waals surface area contributed by atoms with Gasteiger partial charge >= 0.3 is 6.09 Å². The highest BCUT2D eigenvalue weighted by Gasteiger charge is 2.36. The number of benzene rings is 2. The molecule has 47 heavy (non-hydrogen) atoms. The summed E-state index contributed by atoms with van der Waals surface area (Å²) in [5.74, 6) is -0.504. The molecule has 2 fully saturated rings. The van der Waals surface area contributed by atoms with E-state index in [-0.39, 0.29) is 53.7 Å². The Bertz CT molecular complexity index is 1630. The van der Waals surface area contributed by atoms with E-state index in [1.54, 1.807) is 9.80 Å². The summed E-state index contributed by atoms with van der Waals surface area (Å²) in [6.45, 7) is 9.14. The van der Waals surface area contributed by atoms with Gasteiger partial charge in [-0.15, -0.1) is 0 Å². The average molecular weight is 647 g/mol. The first-order chi connectivity index (χ1) is 22.6. The largest absolute Gasteiger partial charge is 0.618 e. The van der Waals surface area contributed by atoms with E-state index in [4.69, 9.17) is 14.2 Å². The van der Waals surface area contributed by atoms with Crippen molar-refractivity contribution in [1.29, 1.82) is 0 Å². The molecule has 0 aliphatic carbocycles. The number of rotatable bonds is 8. The molecule has 3 aromatic rings. The monoisotopic (exact) mass is 646 g/mol. The molecule has 0 N–H and O–H groups in total. The molecule has 0 saturated carbocycles. The number of likely N-dealkylation sites (tertiary alicyclic amines) is 2. The minimum Gasteiger partial charge on any atom is -0.618 e. The molecule has 0 spiro atoms. The number of nitrogens with zero attached hydrogens (tertiary/aromatic N) is 4. The van der Waals surface area contributed by atoms with Crippen molar-refractivity contribution in [1.82, 2.24) is 9.80 Å². The van der Waals surface area contributed by atoms with Gasteiger partial charge in [-0.2, -0.15) is 4.73 Å². The molecule has 6 rings (SSSR count). The first-order valence-electron chi connectivity index (χ1n) is 16.5. The highest BCUT2D eigenvalue weighted by Crippen LogP contribution is 2.34. The maximum Gasteiger partial charge on any atom is 0.414 e. The summed E-state index contributed by atoms with van der Waals surface area (Å²) in [5, 5.41) is 12.7. The summed E-state index contributed by atoms with van der Waals surface area (Å²) >= 11 is 0. The molecule has 3 aliphatic rings. The molecule has 3 aliphatic heterocycles. The second-order valence-electron chi connectivity index (χ2n) is 13.0. The molecule has 0 atom stereocenters. The van der Waals surface area contributed by atoms with Crippen LogP contribution in [0.2, 0.25) is 0 Å². The van der Waals surface area contributed by atoms with Crippen LogP contribution in [0.25, 0.3) is 0 Å². The SMILES string of the molecule is COc1cc(OC2CCN(Cc3ccc(C)[n+]([O-])c3C(C)C)CC2)c(F)cc1C(=O)N1CCC(N2C(=O)OCc3ccccc32)CC1. The Balaban J connectivity index is 1.06. The lowest BCUT2D eigenvalue weighted by Crippen LogP contribution is -2.50.